The van der Waals surface area contributed by atoms with E-state index in [1.165, 1.54) is 10.5 Å². The summed E-state index contributed by atoms with van der Waals surface area (Å²) in [5, 5.41) is 4.53. The Morgan fingerprint density at radius 2 is 2.08 bits per heavy atom. The maximum absolute atomic E-state index is 12.9. The highest BCUT2D eigenvalue weighted by atomic mass is 32.2. The predicted molar refractivity (Wildman–Crippen MR) is 103 cm³/mol. The van der Waals surface area contributed by atoms with Gasteiger partial charge in [0, 0.05) is 47.8 Å². The van der Waals surface area contributed by atoms with E-state index in [2.05, 4.69) is 36.3 Å². The first-order valence-corrected chi connectivity index (χ1v) is 10.3. The molecule has 25 heavy (non-hydrogen) atoms. The van der Waals surface area contributed by atoms with E-state index >= 15 is 0 Å². The Morgan fingerprint density at radius 1 is 1.32 bits per heavy atom. The number of rotatable bonds is 6. The number of nitrogens with zero attached hydrogens (tertiary/aromatic N) is 3. The van der Waals surface area contributed by atoms with Gasteiger partial charge >= 0.3 is 0 Å². The normalized spacial score (nSPS) is 18.4. The topological polar surface area (TPSA) is 38.1 Å². The lowest BCUT2D eigenvalue weighted by Crippen LogP contribution is -2.38. The van der Waals surface area contributed by atoms with Crippen molar-refractivity contribution in [2.75, 3.05) is 19.3 Å². The molecule has 0 amide bonds. The largest absolute Gasteiger partial charge is 0.298 e. The Balaban J connectivity index is 1.65. The zero-order chi connectivity index (χ0) is 17.8. The number of benzene rings is 1. The van der Waals surface area contributed by atoms with Crippen LogP contribution in [0.4, 0.5) is 0 Å². The van der Waals surface area contributed by atoms with Crippen LogP contribution in [0.25, 0.3) is 0 Å². The number of carbonyl (C=O) groups excluding carboxylic acids is 1. The number of aromatic nitrogens is 2. The molecule has 1 fully saturated rings. The van der Waals surface area contributed by atoms with Crippen molar-refractivity contribution in [2.24, 2.45) is 5.92 Å². The molecule has 0 radical (unpaired) electrons. The lowest BCUT2D eigenvalue weighted by Gasteiger charge is -2.31. The molecule has 0 spiro atoms. The molecule has 1 aliphatic heterocycles. The molecule has 2 aromatic rings. The molecule has 1 aromatic carbocycles. The smallest absolute Gasteiger partial charge is 0.167 e. The molecule has 1 aliphatic rings. The van der Waals surface area contributed by atoms with Crippen LogP contribution in [0.1, 0.15) is 41.4 Å². The van der Waals surface area contributed by atoms with E-state index in [9.17, 15) is 4.79 Å². The molecule has 1 saturated heterocycles. The van der Waals surface area contributed by atoms with Gasteiger partial charge in [-0.05, 0) is 51.6 Å². The van der Waals surface area contributed by atoms with Crippen molar-refractivity contribution in [3.8, 4) is 0 Å². The summed E-state index contributed by atoms with van der Waals surface area (Å²) in [6.45, 7) is 7.87. The van der Waals surface area contributed by atoms with Crippen molar-refractivity contribution in [3.63, 3.8) is 0 Å². The van der Waals surface area contributed by atoms with E-state index in [1.807, 2.05) is 28.9 Å². The van der Waals surface area contributed by atoms with Gasteiger partial charge in [-0.15, -0.1) is 11.8 Å². The summed E-state index contributed by atoms with van der Waals surface area (Å²) in [5.41, 5.74) is 3.22. The van der Waals surface area contributed by atoms with Crippen LogP contribution in [-0.4, -0.2) is 39.8 Å². The number of carbonyl (C=O) groups is 1. The molecule has 0 saturated carbocycles. The van der Waals surface area contributed by atoms with Gasteiger partial charge in [0.15, 0.2) is 5.78 Å². The lowest BCUT2D eigenvalue weighted by atomic mass is 9.90. The molecule has 3 rings (SSSR count). The summed E-state index contributed by atoms with van der Waals surface area (Å²) in [6.07, 6.45) is 6.27. The van der Waals surface area contributed by atoms with Crippen LogP contribution >= 0.6 is 11.8 Å². The quantitative estimate of drug-likeness (QED) is 0.578. The summed E-state index contributed by atoms with van der Waals surface area (Å²) < 4.78 is 1.99. The molecule has 0 N–H and O–H groups in total. The fourth-order valence-corrected chi connectivity index (χ4v) is 3.93. The van der Waals surface area contributed by atoms with Crippen molar-refractivity contribution < 1.29 is 4.79 Å². The SMILES string of the molecule is CCn1cc(CN2CCCC(C(=O)c3ccc(SC)cc3)C2)c(C)n1. The van der Waals surface area contributed by atoms with Gasteiger partial charge in [0.05, 0.1) is 5.69 Å². The van der Waals surface area contributed by atoms with E-state index in [1.54, 1.807) is 11.8 Å². The van der Waals surface area contributed by atoms with Gasteiger partial charge in [-0.2, -0.15) is 5.10 Å². The van der Waals surface area contributed by atoms with Gasteiger partial charge in [-0.3, -0.25) is 14.4 Å². The molecular formula is C20H27N3OS. The molecule has 134 valence electrons. The van der Waals surface area contributed by atoms with Crippen LogP contribution in [0.3, 0.4) is 0 Å². The van der Waals surface area contributed by atoms with Gasteiger partial charge in [-0.25, -0.2) is 0 Å². The third-order valence-corrected chi connectivity index (χ3v) is 5.76. The summed E-state index contributed by atoms with van der Waals surface area (Å²) in [4.78, 5) is 16.5. The maximum atomic E-state index is 12.9. The highest BCUT2D eigenvalue weighted by Crippen LogP contribution is 2.24. The second kappa shape index (κ2) is 8.19. The van der Waals surface area contributed by atoms with E-state index in [4.69, 9.17) is 0 Å². The standard InChI is InChI=1S/C20H27N3OS/c1-4-23-14-18(15(2)21-23)13-22-11-5-6-17(12-22)20(24)16-7-9-19(25-3)10-8-16/h7-10,14,17H,4-6,11-13H2,1-3H3. The first-order valence-electron chi connectivity index (χ1n) is 9.04. The summed E-state index contributed by atoms with van der Waals surface area (Å²) >= 11 is 1.70. The fraction of sp³-hybridized carbons (Fsp3) is 0.500. The van der Waals surface area contributed by atoms with E-state index in [-0.39, 0.29) is 5.92 Å². The first kappa shape index (κ1) is 18.2. The Hall–Kier alpha value is -1.59. The second-order valence-corrected chi connectivity index (χ2v) is 7.64. The molecule has 1 unspecified atom stereocenters. The average molecular weight is 358 g/mol. The van der Waals surface area contributed by atoms with Gasteiger partial charge in [0.25, 0.3) is 0 Å². The highest BCUT2D eigenvalue weighted by molar-refractivity contribution is 7.98. The van der Waals surface area contributed by atoms with Crippen molar-refractivity contribution >= 4 is 17.5 Å². The number of ketones is 1. The number of likely N-dealkylation sites (tertiary alicyclic amines) is 1. The van der Waals surface area contributed by atoms with Gasteiger partial charge in [-0.1, -0.05) is 12.1 Å². The van der Waals surface area contributed by atoms with Gasteiger partial charge < -0.3 is 0 Å². The van der Waals surface area contributed by atoms with Gasteiger partial charge in [0.2, 0.25) is 0 Å². The van der Waals surface area contributed by atoms with Crippen molar-refractivity contribution in [1.29, 1.82) is 0 Å². The average Bonchev–Trinajstić information content (AvgIpc) is 3.01. The zero-order valence-corrected chi connectivity index (χ0v) is 16.2. The van der Waals surface area contributed by atoms with Gasteiger partial charge in [0.1, 0.15) is 0 Å². The number of piperidine rings is 1. The van der Waals surface area contributed by atoms with Crippen molar-refractivity contribution in [2.45, 2.75) is 44.7 Å². The molecule has 0 bridgehead atoms. The van der Waals surface area contributed by atoms with Crippen LogP contribution in [0.15, 0.2) is 35.4 Å². The van der Waals surface area contributed by atoms with E-state index in [0.717, 1.165) is 50.3 Å². The third-order valence-electron chi connectivity index (χ3n) is 5.02. The maximum Gasteiger partial charge on any atom is 0.167 e. The molecule has 0 aliphatic carbocycles. The Labute approximate surface area is 154 Å². The summed E-state index contributed by atoms with van der Waals surface area (Å²) in [6, 6.07) is 8.03. The number of aryl methyl sites for hydroxylation is 2. The second-order valence-electron chi connectivity index (χ2n) is 6.76. The highest BCUT2D eigenvalue weighted by Gasteiger charge is 2.27. The number of Topliss-reactive ketones (excluding diaryl/α,β-unsaturated/α-hetero) is 1. The Morgan fingerprint density at radius 3 is 2.72 bits per heavy atom. The predicted octanol–water partition coefficient (Wildman–Crippen LogP) is 4.03. The summed E-state index contributed by atoms with van der Waals surface area (Å²) in [5.74, 6) is 0.397. The summed E-state index contributed by atoms with van der Waals surface area (Å²) in [7, 11) is 0. The van der Waals surface area contributed by atoms with Crippen LogP contribution in [0.5, 0.6) is 0 Å². The number of hydrogen-bond acceptors (Lipinski definition) is 4. The molecule has 2 heterocycles. The van der Waals surface area contributed by atoms with E-state index < -0.39 is 0 Å². The minimum Gasteiger partial charge on any atom is -0.298 e. The molecule has 1 atom stereocenters. The molecule has 4 nitrogen and oxygen atoms in total. The monoisotopic (exact) mass is 357 g/mol. The first-order chi connectivity index (χ1) is 12.1. The van der Waals surface area contributed by atoms with Crippen molar-refractivity contribution in [3.05, 3.63) is 47.3 Å². The van der Waals surface area contributed by atoms with Crippen LogP contribution in [0.2, 0.25) is 0 Å². The van der Waals surface area contributed by atoms with Crippen LogP contribution < -0.4 is 0 Å². The minimum absolute atomic E-state index is 0.107. The Kier molecular flexibility index (Phi) is 5.97. The molecule has 5 heteroatoms. The van der Waals surface area contributed by atoms with Crippen molar-refractivity contribution in [1.82, 2.24) is 14.7 Å². The fourth-order valence-electron chi connectivity index (χ4n) is 3.52. The van der Waals surface area contributed by atoms with Crippen LogP contribution in [0, 0.1) is 12.8 Å². The third kappa shape index (κ3) is 4.33. The Bertz CT molecular complexity index is 723. The molecule has 1 aromatic heterocycles. The zero-order valence-electron chi connectivity index (χ0n) is 15.4. The number of hydrogen-bond donors (Lipinski definition) is 0. The lowest BCUT2D eigenvalue weighted by molar-refractivity contribution is 0.0811. The minimum atomic E-state index is 0.107. The van der Waals surface area contributed by atoms with Crippen LogP contribution in [-0.2, 0) is 13.1 Å². The number of thioether (sulfide) groups is 1. The molecular weight excluding hydrogens is 330 g/mol. The van der Waals surface area contributed by atoms with E-state index in [0.29, 0.717) is 5.78 Å².